The van der Waals surface area contributed by atoms with Gasteiger partial charge in [0.2, 0.25) is 0 Å². The van der Waals surface area contributed by atoms with Crippen molar-refractivity contribution >= 4 is 22.5 Å². The molecule has 1 N–H and O–H groups in total. The predicted octanol–water partition coefficient (Wildman–Crippen LogP) is 4.16. The summed E-state index contributed by atoms with van der Waals surface area (Å²) in [6, 6.07) is 15.2. The van der Waals surface area contributed by atoms with Crippen LogP contribution in [0.25, 0.3) is 22.0 Å². The first-order valence-electron chi connectivity index (χ1n) is 6.04. The van der Waals surface area contributed by atoms with Crippen LogP contribution in [0.15, 0.2) is 53.3 Å². The summed E-state index contributed by atoms with van der Waals surface area (Å²) in [6.45, 7) is 1.95. The normalized spacial score (nSPS) is 10.8. The molecular formula is C16H12ClNO. The van der Waals surface area contributed by atoms with Crippen molar-refractivity contribution in [2.45, 2.75) is 6.92 Å². The van der Waals surface area contributed by atoms with E-state index in [1.807, 2.05) is 49.4 Å². The standard InChI is InChI=1S/C16H12ClNO/c1-10-13-9-12(17)7-8-14(13)18-16(19)15(10)11-5-3-2-4-6-11/h2-9H,1H3,(H,18,19). The number of benzene rings is 2. The fourth-order valence-electron chi connectivity index (χ4n) is 2.38. The molecule has 2 aromatic carbocycles. The molecule has 0 aliphatic heterocycles. The molecule has 0 aliphatic carbocycles. The molecule has 1 aromatic heterocycles. The lowest BCUT2D eigenvalue weighted by molar-refractivity contribution is 1.28. The summed E-state index contributed by atoms with van der Waals surface area (Å²) >= 11 is 6.04. The van der Waals surface area contributed by atoms with E-state index in [9.17, 15) is 4.79 Å². The van der Waals surface area contributed by atoms with E-state index in [2.05, 4.69) is 4.98 Å². The number of pyridine rings is 1. The molecule has 3 aromatic rings. The maximum atomic E-state index is 12.3. The van der Waals surface area contributed by atoms with Crippen LogP contribution in [0, 0.1) is 6.92 Å². The Hall–Kier alpha value is -2.06. The number of rotatable bonds is 1. The van der Waals surface area contributed by atoms with E-state index >= 15 is 0 Å². The van der Waals surface area contributed by atoms with Gasteiger partial charge in [0, 0.05) is 15.9 Å². The monoisotopic (exact) mass is 269 g/mol. The summed E-state index contributed by atoms with van der Waals surface area (Å²) in [5, 5.41) is 1.65. The minimum atomic E-state index is -0.0708. The number of halogens is 1. The third kappa shape index (κ3) is 2.04. The van der Waals surface area contributed by atoms with Crippen molar-refractivity contribution in [1.82, 2.24) is 4.98 Å². The van der Waals surface area contributed by atoms with Crippen LogP contribution in [0.1, 0.15) is 5.56 Å². The lowest BCUT2D eigenvalue weighted by atomic mass is 9.99. The average Bonchev–Trinajstić information content (AvgIpc) is 2.41. The first kappa shape index (κ1) is 12.0. The van der Waals surface area contributed by atoms with Crippen LogP contribution in [-0.4, -0.2) is 4.98 Å². The third-order valence-electron chi connectivity index (χ3n) is 3.30. The largest absolute Gasteiger partial charge is 0.321 e. The van der Waals surface area contributed by atoms with Gasteiger partial charge in [0.05, 0.1) is 5.56 Å². The SMILES string of the molecule is Cc1c(-c2ccccc2)c(=O)[nH]c2ccc(Cl)cc12. The molecule has 1 heterocycles. The fourth-order valence-corrected chi connectivity index (χ4v) is 2.55. The molecule has 0 saturated carbocycles. The Morgan fingerprint density at radius 3 is 2.53 bits per heavy atom. The Morgan fingerprint density at radius 1 is 1.05 bits per heavy atom. The van der Waals surface area contributed by atoms with Gasteiger partial charge in [-0.25, -0.2) is 0 Å². The first-order valence-corrected chi connectivity index (χ1v) is 6.42. The summed E-state index contributed by atoms with van der Waals surface area (Å²) in [5.41, 5.74) is 3.32. The Kier molecular flexibility index (Phi) is 2.88. The van der Waals surface area contributed by atoms with Gasteiger partial charge in [0.15, 0.2) is 0 Å². The summed E-state index contributed by atoms with van der Waals surface area (Å²) in [7, 11) is 0. The topological polar surface area (TPSA) is 32.9 Å². The second-order valence-electron chi connectivity index (χ2n) is 4.51. The molecule has 3 heteroatoms. The van der Waals surface area contributed by atoms with E-state index in [0.29, 0.717) is 10.6 Å². The highest BCUT2D eigenvalue weighted by Crippen LogP contribution is 2.26. The van der Waals surface area contributed by atoms with Crippen LogP contribution in [0.4, 0.5) is 0 Å². The fraction of sp³-hybridized carbons (Fsp3) is 0.0625. The van der Waals surface area contributed by atoms with Gasteiger partial charge in [-0.2, -0.15) is 0 Å². The highest BCUT2D eigenvalue weighted by atomic mass is 35.5. The number of hydrogen-bond donors (Lipinski definition) is 1. The molecule has 0 radical (unpaired) electrons. The minimum absolute atomic E-state index is 0.0708. The van der Waals surface area contributed by atoms with Crippen molar-refractivity contribution in [3.05, 3.63) is 69.5 Å². The van der Waals surface area contributed by atoms with E-state index < -0.39 is 0 Å². The van der Waals surface area contributed by atoms with Gasteiger partial charge in [-0.1, -0.05) is 41.9 Å². The number of hydrogen-bond acceptors (Lipinski definition) is 1. The van der Waals surface area contributed by atoms with Crippen molar-refractivity contribution in [3.8, 4) is 11.1 Å². The zero-order valence-corrected chi connectivity index (χ0v) is 11.2. The van der Waals surface area contributed by atoms with Gasteiger partial charge < -0.3 is 4.98 Å². The van der Waals surface area contributed by atoms with Crippen LogP contribution in [0.2, 0.25) is 5.02 Å². The number of aromatic amines is 1. The number of H-pyrrole nitrogens is 1. The molecule has 0 saturated heterocycles. The molecule has 0 spiro atoms. The summed E-state index contributed by atoms with van der Waals surface area (Å²) in [5.74, 6) is 0. The molecule has 0 unspecified atom stereocenters. The van der Waals surface area contributed by atoms with E-state index in [0.717, 1.165) is 22.0 Å². The molecule has 3 rings (SSSR count). The first-order chi connectivity index (χ1) is 9.16. The van der Waals surface area contributed by atoms with Crippen LogP contribution >= 0.6 is 11.6 Å². The maximum absolute atomic E-state index is 12.3. The highest BCUT2D eigenvalue weighted by molar-refractivity contribution is 6.31. The van der Waals surface area contributed by atoms with E-state index in [-0.39, 0.29) is 5.56 Å². The van der Waals surface area contributed by atoms with Gasteiger partial charge >= 0.3 is 0 Å². The van der Waals surface area contributed by atoms with E-state index in [4.69, 9.17) is 11.6 Å². The van der Waals surface area contributed by atoms with Crippen LogP contribution in [-0.2, 0) is 0 Å². The third-order valence-corrected chi connectivity index (χ3v) is 3.53. The van der Waals surface area contributed by atoms with Gasteiger partial charge in [0.25, 0.3) is 5.56 Å². The number of aryl methyl sites for hydroxylation is 1. The van der Waals surface area contributed by atoms with E-state index in [1.165, 1.54) is 0 Å². The van der Waals surface area contributed by atoms with Crippen LogP contribution in [0.3, 0.4) is 0 Å². The Bertz CT molecular complexity index is 806. The van der Waals surface area contributed by atoms with Crippen molar-refractivity contribution in [3.63, 3.8) is 0 Å². The Balaban J connectivity index is 2.40. The van der Waals surface area contributed by atoms with Gasteiger partial charge in [-0.05, 0) is 36.2 Å². The second kappa shape index (κ2) is 4.56. The van der Waals surface area contributed by atoms with Gasteiger partial charge in [-0.3, -0.25) is 4.79 Å². The molecule has 0 fully saturated rings. The zero-order valence-electron chi connectivity index (χ0n) is 10.4. The Labute approximate surface area is 115 Å². The lowest BCUT2D eigenvalue weighted by Crippen LogP contribution is -2.11. The quantitative estimate of drug-likeness (QED) is 0.707. The second-order valence-corrected chi connectivity index (χ2v) is 4.95. The number of nitrogens with one attached hydrogen (secondary N) is 1. The molecule has 2 nitrogen and oxygen atoms in total. The smallest absolute Gasteiger partial charge is 0.256 e. The van der Waals surface area contributed by atoms with Crippen molar-refractivity contribution in [2.24, 2.45) is 0 Å². The summed E-state index contributed by atoms with van der Waals surface area (Å²) < 4.78 is 0. The van der Waals surface area contributed by atoms with Crippen molar-refractivity contribution < 1.29 is 0 Å². The van der Waals surface area contributed by atoms with Crippen LogP contribution in [0.5, 0.6) is 0 Å². The number of fused-ring (bicyclic) bond motifs is 1. The maximum Gasteiger partial charge on any atom is 0.256 e. The van der Waals surface area contributed by atoms with Gasteiger partial charge in [-0.15, -0.1) is 0 Å². The molecule has 0 aliphatic rings. The lowest BCUT2D eigenvalue weighted by Gasteiger charge is -2.09. The molecule has 0 atom stereocenters. The Morgan fingerprint density at radius 2 is 1.79 bits per heavy atom. The van der Waals surface area contributed by atoms with Crippen LogP contribution < -0.4 is 5.56 Å². The van der Waals surface area contributed by atoms with Crippen molar-refractivity contribution in [1.29, 1.82) is 0 Å². The predicted molar refractivity (Wildman–Crippen MR) is 79.8 cm³/mol. The summed E-state index contributed by atoms with van der Waals surface area (Å²) in [6.07, 6.45) is 0. The summed E-state index contributed by atoms with van der Waals surface area (Å²) in [4.78, 5) is 15.2. The molecule has 94 valence electrons. The molecular weight excluding hydrogens is 258 g/mol. The zero-order chi connectivity index (χ0) is 13.4. The molecule has 0 amide bonds. The molecule has 0 bridgehead atoms. The highest BCUT2D eigenvalue weighted by Gasteiger charge is 2.11. The minimum Gasteiger partial charge on any atom is -0.321 e. The number of aromatic nitrogens is 1. The average molecular weight is 270 g/mol. The molecule has 19 heavy (non-hydrogen) atoms. The van der Waals surface area contributed by atoms with Gasteiger partial charge in [0.1, 0.15) is 0 Å². The van der Waals surface area contributed by atoms with Crippen molar-refractivity contribution in [2.75, 3.05) is 0 Å². The van der Waals surface area contributed by atoms with E-state index in [1.54, 1.807) is 6.07 Å².